The fraction of sp³-hybridized carbons (Fsp3) is 0.300. The summed E-state index contributed by atoms with van der Waals surface area (Å²) in [6.07, 6.45) is 0. The second-order valence-electron chi connectivity index (χ2n) is 3.02. The number of carbonyl (C=O) groups excluding carboxylic acids is 1. The predicted octanol–water partition coefficient (Wildman–Crippen LogP) is 3.92. The van der Waals surface area contributed by atoms with E-state index in [2.05, 4.69) is 15.9 Å². The second-order valence-corrected chi connectivity index (χ2v) is 4.28. The van der Waals surface area contributed by atoms with Crippen molar-refractivity contribution < 1.29 is 4.79 Å². The Morgan fingerprint density at radius 3 is 2.38 bits per heavy atom. The molecule has 0 radical (unpaired) electrons. The van der Waals surface area contributed by atoms with E-state index in [4.69, 9.17) is 11.6 Å². The summed E-state index contributed by atoms with van der Waals surface area (Å²) in [4.78, 5) is 11.3. The van der Waals surface area contributed by atoms with Crippen LogP contribution in [0.4, 0.5) is 0 Å². The Labute approximate surface area is 91.2 Å². The highest BCUT2D eigenvalue weighted by molar-refractivity contribution is 9.10. The van der Waals surface area contributed by atoms with Crippen molar-refractivity contribution in [3.05, 3.63) is 32.3 Å². The second kappa shape index (κ2) is 3.81. The van der Waals surface area contributed by atoms with Crippen LogP contribution in [-0.2, 0) is 0 Å². The average Bonchev–Trinajstić information content (AvgIpc) is 2.01. The third kappa shape index (κ3) is 1.94. The van der Waals surface area contributed by atoms with E-state index in [9.17, 15) is 4.79 Å². The van der Waals surface area contributed by atoms with Gasteiger partial charge < -0.3 is 0 Å². The molecule has 0 spiro atoms. The first-order valence-corrected chi connectivity index (χ1v) is 5.08. The maximum absolute atomic E-state index is 11.3. The highest BCUT2D eigenvalue weighted by atomic mass is 79.9. The molecule has 0 fully saturated rings. The van der Waals surface area contributed by atoms with E-state index < -0.39 is 0 Å². The quantitative estimate of drug-likeness (QED) is 0.700. The number of halogens is 2. The molecule has 0 N–H and O–H groups in total. The van der Waals surface area contributed by atoms with Crippen molar-refractivity contribution >= 4 is 33.3 Å². The molecular weight excluding hydrogens is 251 g/mol. The lowest BCUT2D eigenvalue weighted by Crippen LogP contribution is -2.01. The van der Waals surface area contributed by atoms with Gasteiger partial charge in [0.25, 0.3) is 0 Å². The minimum atomic E-state index is 0.0539. The summed E-state index contributed by atoms with van der Waals surface area (Å²) in [5.74, 6) is 0.0539. The molecule has 0 aliphatic carbocycles. The van der Waals surface area contributed by atoms with E-state index in [1.807, 2.05) is 19.9 Å². The lowest BCUT2D eigenvalue weighted by atomic mass is 10.00. The molecule has 0 bridgehead atoms. The van der Waals surface area contributed by atoms with Crippen molar-refractivity contribution in [2.75, 3.05) is 0 Å². The zero-order valence-corrected chi connectivity index (χ0v) is 10.1. The molecule has 0 amide bonds. The lowest BCUT2D eigenvalue weighted by molar-refractivity contribution is 0.101. The van der Waals surface area contributed by atoms with E-state index in [-0.39, 0.29) is 5.78 Å². The number of hydrogen-bond acceptors (Lipinski definition) is 1. The van der Waals surface area contributed by atoms with Gasteiger partial charge in [-0.3, -0.25) is 4.79 Å². The first kappa shape index (κ1) is 10.7. The van der Waals surface area contributed by atoms with Crippen LogP contribution in [0.2, 0.25) is 5.02 Å². The number of hydrogen-bond donors (Lipinski definition) is 0. The van der Waals surface area contributed by atoms with Gasteiger partial charge in [-0.1, -0.05) is 27.5 Å². The summed E-state index contributed by atoms with van der Waals surface area (Å²) in [5, 5.41) is 0.627. The molecule has 0 saturated heterocycles. The molecule has 0 heterocycles. The Morgan fingerprint density at radius 2 is 1.92 bits per heavy atom. The summed E-state index contributed by atoms with van der Waals surface area (Å²) in [6, 6.07) is 1.82. The van der Waals surface area contributed by atoms with Crippen molar-refractivity contribution in [1.82, 2.24) is 0 Å². The van der Waals surface area contributed by atoms with Crippen LogP contribution in [0.15, 0.2) is 10.5 Å². The fourth-order valence-electron chi connectivity index (χ4n) is 1.38. The van der Waals surface area contributed by atoms with E-state index >= 15 is 0 Å². The van der Waals surface area contributed by atoms with Gasteiger partial charge in [0.05, 0.1) is 0 Å². The Kier molecular flexibility index (Phi) is 3.14. The number of benzene rings is 1. The van der Waals surface area contributed by atoms with Crippen LogP contribution in [0.1, 0.15) is 28.4 Å². The maximum atomic E-state index is 11.3. The number of rotatable bonds is 1. The van der Waals surface area contributed by atoms with Gasteiger partial charge in [0.15, 0.2) is 5.78 Å². The van der Waals surface area contributed by atoms with Gasteiger partial charge in [-0.2, -0.15) is 0 Å². The molecule has 0 unspecified atom stereocenters. The van der Waals surface area contributed by atoms with Gasteiger partial charge in [-0.25, -0.2) is 0 Å². The molecule has 1 nitrogen and oxygen atoms in total. The topological polar surface area (TPSA) is 17.1 Å². The van der Waals surface area contributed by atoms with Crippen LogP contribution in [-0.4, -0.2) is 5.78 Å². The zero-order valence-electron chi connectivity index (χ0n) is 7.74. The van der Waals surface area contributed by atoms with Gasteiger partial charge in [-0.05, 0) is 38.0 Å². The molecule has 1 aromatic carbocycles. The number of ketones is 1. The molecular formula is C10H10BrClO. The Balaban J connectivity index is 3.56. The largest absolute Gasteiger partial charge is 0.294 e. The van der Waals surface area contributed by atoms with Crippen LogP contribution in [0.5, 0.6) is 0 Å². The minimum Gasteiger partial charge on any atom is -0.294 e. The molecule has 13 heavy (non-hydrogen) atoms. The highest BCUT2D eigenvalue weighted by Gasteiger charge is 2.13. The third-order valence-electron chi connectivity index (χ3n) is 2.07. The van der Waals surface area contributed by atoms with Crippen molar-refractivity contribution in [1.29, 1.82) is 0 Å². The molecule has 0 atom stereocenters. The smallest absolute Gasteiger partial charge is 0.160 e. The van der Waals surface area contributed by atoms with E-state index in [1.165, 1.54) is 0 Å². The standard InChI is InChI=1S/C10H10BrClO/c1-5-8(11)4-9(12)6(2)10(5)7(3)13/h4H,1-3H3. The number of Topliss-reactive ketones (excluding diaryl/α,β-unsaturated/α-hetero) is 1. The van der Waals surface area contributed by atoms with Gasteiger partial charge in [0.1, 0.15) is 0 Å². The van der Waals surface area contributed by atoms with Crippen molar-refractivity contribution in [3.63, 3.8) is 0 Å². The average molecular weight is 262 g/mol. The summed E-state index contributed by atoms with van der Waals surface area (Å²) in [5.41, 5.74) is 2.53. The Bertz CT molecular complexity index is 345. The summed E-state index contributed by atoms with van der Waals surface area (Å²) >= 11 is 9.32. The van der Waals surface area contributed by atoms with E-state index in [0.29, 0.717) is 5.02 Å². The minimum absolute atomic E-state index is 0.0539. The van der Waals surface area contributed by atoms with Gasteiger partial charge in [0.2, 0.25) is 0 Å². The Morgan fingerprint density at radius 1 is 1.38 bits per heavy atom. The maximum Gasteiger partial charge on any atom is 0.160 e. The fourth-order valence-corrected chi connectivity index (χ4v) is 2.14. The van der Waals surface area contributed by atoms with Crippen molar-refractivity contribution in [2.24, 2.45) is 0 Å². The van der Waals surface area contributed by atoms with Gasteiger partial charge in [0, 0.05) is 15.1 Å². The third-order valence-corrected chi connectivity index (χ3v) is 3.29. The van der Waals surface area contributed by atoms with Crippen molar-refractivity contribution in [2.45, 2.75) is 20.8 Å². The van der Waals surface area contributed by atoms with Gasteiger partial charge >= 0.3 is 0 Å². The number of carbonyl (C=O) groups is 1. The Hall–Kier alpha value is -0.340. The summed E-state index contributed by atoms with van der Waals surface area (Å²) in [7, 11) is 0. The first-order valence-electron chi connectivity index (χ1n) is 3.91. The van der Waals surface area contributed by atoms with E-state index in [0.717, 1.165) is 21.2 Å². The van der Waals surface area contributed by atoms with Crippen LogP contribution >= 0.6 is 27.5 Å². The molecule has 0 aliphatic heterocycles. The molecule has 70 valence electrons. The molecule has 3 heteroatoms. The predicted molar refractivity (Wildman–Crippen MR) is 58.6 cm³/mol. The van der Waals surface area contributed by atoms with Crippen LogP contribution in [0.25, 0.3) is 0 Å². The normalized spacial score (nSPS) is 10.2. The van der Waals surface area contributed by atoms with Crippen LogP contribution in [0.3, 0.4) is 0 Å². The van der Waals surface area contributed by atoms with E-state index in [1.54, 1.807) is 6.92 Å². The molecule has 0 aliphatic rings. The highest BCUT2D eigenvalue weighted by Crippen LogP contribution is 2.29. The summed E-state index contributed by atoms with van der Waals surface area (Å²) in [6.45, 7) is 5.32. The molecule has 1 rings (SSSR count). The van der Waals surface area contributed by atoms with Crippen LogP contribution in [0, 0.1) is 13.8 Å². The first-order chi connectivity index (χ1) is 5.95. The molecule has 0 saturated carbocycles. The monoisotopic (exact) mass is 260 g/mol. The van der Waals surface area contributed by atoms with Crippen molar-refractivity contribution in [3.8, 4) is 0 Å². The molecule has 1 aromatic rings. The molecule has 0 aromatic heterocycles. The SMILES string of the molecule is CC(=O)c1c(C)c(Cl)cc(Br)c1C. The lowest BCUT2D eigenvalue weighted by Gasteiger charge is -2.10. The summed E-state index contributed by atoms with van der Waals surface area (Å²) < 4.78 is 0.883. The van der Waals surface area contributed by atoms with Crippen LogP contribution < -0.4 is 0 Å². The van der Waals surface area contributed by atoms with Gasteiger partial charge in [-0.15, -0.1) is 0 Å². The zero-order chi connectivity index (χ0) is 10.2.